The summed E-state index contributed by atoms with van der Waals surface area (Å²) in [6.45, 7) is 1.68. The van der Waals surface area contributed by atoms with Gasteiger partial charge in [0.1, 0.15) is 6.33 Å². The summed E-state index contributed by atoms with van der Waals surface area (Å²) in [5.74, 6) is 0.770. The number of methoxy groups -OCH3 is 1. The average molecular weight is 442 g/mol. The lowest BCUT2D eigenvalue weighted by molar-refractivity contribution is -0.118. The molecular weight excluding hydrogens is 422 g/mol. The molecule has 0 fully saturated rings. The summed E-state index contributed by atoms with van der Waals surface area (Å²) in [7, 11) is 1.51. The number of nitrogens with zero attached hydrogens (tertiary/aromatic N) is 3. The van der Waals surface area contributed by atoms with Gasteiger partial charge >= 0.3 is 0 Å². The molecule has 0 unspecified atom stereocenters. The molecule has 2 aromatic carbocycles. The number of nitrogens with one attached hydrogen (secondary N) is 2. The van der Waals surface area contributed by atoms with Crippen LogP contribution in [-0.4, -0.2) is 40.3 Å². The Bertz CT molecular complexity index is 1150. The van der Waals surface area contributed by atoms with E-state index < -0.39 is 0 Å². The molecule has 1 aliphatic heterocycles. The Morgan fingerprint density at radius 3 is 2.90 bits per heavy atom. The van der Waals surface area contributed by atoms with Crippen LogP contribution in [0.1, 0.15) is 23.6 Å². The van der Waals surface area contributed by atoms with Gasteiger partial charge in [0.05, 0.1) is 19.6 Å². The third kappa shape index (κ3) is 4.46. The van der Waals surface area contributed by atoms with Gasteiger partial charge in [0.15, 0.2) is 18.1 Å². The first-order valence-electron chi connectivity index (χ1n) is 9.50. The Hall–Kier alpha value is -3.59. The molecule has 0 spiro atoms. The van der Waals surface area contributed by atoms with Gasteiger partial charge < -0.3 is 14.8 Å². The van der Waals surface area contributed by atoms with Crippen LogP contribution in [0, 0.1) is 6.92 Å². The first kappa shape index (κ1) is 20.7. The number of fused-ring (bicyclic) bond motifs is 1. The van der Waals surface area contributed by atoms with Crippen molar-refractivity contribution in [3.05, 3.63) is 58.9 Å². The van der Waals surface area contributed by atoms with Gasteiger partial charge in [-0.15, -0.1) is 0 Å². The van der Waals surface area contributed by atoms with Gasteiger partial charge in [-0.05, 0) is 42.3 Å². The van der Waals surface area contributed by atoms with Gasteiger partial charge in [0, 0.05) is 10.7 Å². The van der Waals surface area contributed by atoms with Crippen LogP contribution in [0.2, 0.25) is 5.02 Å². The standard InChI is InChI=1S/C21H20ClN5O4/c1-12-3-5-14(8-15(12)22)25-20(29)10-31-17-6-4-13(7-18(17)30-2)16-9-19(28)26-21-23-11-24-27(16)21/h3-8,11,16H,9-10H2,1-2H3,(H,25,29)(H,23,24,26,28)/t16-/m1/s1. The van der Waals surface area contributed by atoms with Crippen LogP contribution in [0.4, 0.5) is 11.6 Å². The van der Waals surface area contributed by atoms with Crippen molar-refractivity contribution in [2.75, 3.05) is 24.4 Å². The second kappa shape index (κ2) is 8.65. The predicted octanol–water partition coefficient (Wildman–Crippen LogP) is 3.20. The van der Waals surface area contributed by atoms with Crippen LogP contribution in [0.15, 0.2) is 42.7 Å². The molecule has 1 atom stereocenters. The van der Waals surface area contributed by atoms with Crippen molar-refractivity contribution in [1.29, 1.82) is 0 Å². The van der Waals surface area contributed by atoms with E-state index in [0.29, 0.717) is 28.2 Å². The number of carbonyl (C=O) groups excluding carboxylic acids is 2. The Morgan fingerprint density at radius 2 is 2.13 bits per heavy atom. The van der Waals surface area contributed by atoms with Gasteiger partial charge in [0.25, 0.3) is 5.91 Å². The minimum Gasteiger partial charge on any atom is -0.493 e. The smallest absolute Gasteiger partial charge is 0.262 e. The maximum absolute atomic E-state index is 12.3. The number of hydrogen-bond donors (Lipinski definition) is 2. The van der Waals surface area contributed by atoms with E-state index in [2.05, 4.69) is 20.7 Å². The molecule has 0 saturated heterocycles. The molecule has 1 aliphatic rings. The first-order chi connectivity index (χ1) is 14.9. The largest absolute Gasteiger partial charge is 0.493 e. The van der Waals surface area contributed by atoms with Crippen LogP contribution in [0.25, 0.3) is 0 Å². The molecule has 0 saturated carbocycles. The van der Waals surface area contributed by atoms with E-state index in [1.54, 1.807) is 28.9 Å². The van der Waals surface area contributed by atoms with Crippen molar-refractivity contribution in [3.63, 3.8) is 0 Å². The number of amides is 2. The minimum absolute atomic E-state index is 0.141. The van der Waals surface area contributed by atoms with E-state index in [-0.39, 0.29) is 30.9 Å². The summed E-state index contributed by atoms with van der Waals surface area (Å²) < 4.78 is 12.7. The number of rotatable bonds is 6. The monoisotopic (exact) mass is 441 g/mol. The van der Waals surface area contributed by atoms with E-state index in [0.717, 1.165) is 11.1 Å². The highest BCUT2D eigenvalue weighted by Crippen LogP contribution is 2.35. The fourth-order valence-corrected chi connectivity index (χ4v) is 3.47. The number of hydrogen-bond acceptors (Lipinski definition) is 6. The van der Waals surface area contributed by atoms with Crippen molar-refractivity contribution in [2.45, 2.75) is 19.4 Å². The normalized spacial score (nSPS) is 15.1. The maximum atomic E-state index is 12.3. The Balaban J connectivity index is 1.46. The zero-order valence-corrected chi connectivity index (χ0v) is 17.6. The summed E-state index contributed by atoms with van der Waals surface area (Å²) in [6.07, 6.45) is 1.61. The molecule has 2 heterocycles. The van der Waals surface area contributed by atoms with Crippen molar-refractivity contribution < 1.29 is 19.1 Å². The molecule has 3 aromatic rings. The lowest BCUT2D eigenvalue weighted by Crippen LogP contribution is -2.29. The molecule has 9 nitrogen and oxygen atoms in total. The van der Waals surface area contributed by atoms with Crippen molar-refractivity contribution >= 4 is 35.1 Å². The lowest BCUT2D eigenvalue weighted by Gasteiger charge is -2.24. The molecule has 2 N–H and O–H groups in total. The highest BCUT2D eigenvalue weighted by atomic mass is 35.5. The Labute approximate surface area is 183 Å². The fraction of sp³-hybridized carbons (Fsp3) is 0.238. The summed E-state index contributed by atoms with van der Waals surface area (Å²) in [5.41, 5.74) is 2.32. The van der Waals surface area contributed by atoms with Gasteiger partial charge in [-0.2, -0.15) is 10.1 Å². The molecule has 160 valence electrons. The topological polar surface area (TPSA) is 107 Å². The third-order valence-corrected chi connectivity index (χ3v) is 5.29. The van der Waals surface area contributed by atoms with Crippen LogP contribution in [0.3, 0.4) is 0 Å². The van der Waals surface area contributed by atoms with Crippen molar-refractivity contribution in [2.24, 2.45) is 0 Å². The Morgan fingerprint density at radius 1 is 1.29 bits per heavy atom. The molecule has 0 aliphatic carbocycles. The highest BCUT2D eigenvalue weighted by Gasteiger charge is 2.28. The summed E-state index contributed by atoms with van der Waals surface area (Å²) >= 11 is 6.09. The summed E-state index contributed by atoms with van der Waals surface area (Å²) in [6, 6.07) is 10.2. The molecule has 10 heteroatoms. The number of ether oxygens (including phenoxy) is 2. The SMILES string of the molecule is COc1cc([C@H]2CC(=O)Nc3ncnn32)ccc1OCC(=O)Nc1ccc(C)c(Cl)c1. The summed E-state index contributed by atoms with van der Waals surface area (Å²) in [4.78, 5) is 28.3. The molecule has 0 radical (unpaired) electrons. The van der Waals surface area contributed by atoms with E-state index in [4.69, 9.17) is 21.1 Å². The number of anilines is 2. The van der Waals surface area contributed by atoms with Crippen LogP contribution in [0.5, 0.6) is 11.5 Å². The zero-order chi connectivity index (χ0) is 22.0. The molecule has 2 amide bonds. The number of halogens is 1. The number of aryl methyl sites for hydroxylation is 1. The zero-order valence-electron chi connectivity index (χ0n) is 16.9. The lowest BCUT2D eigenvalue weighted by atomic mass is 10.0. The van der Waals surface area contributed by atoms with Gasteiger partial charge in [-0.25, -0.2) is 4.68 Å². The van der Waals surface area contributed by atoms with Gasteiger partial charge in [-0.3, -0.25) is 14.9 Å². The number of carbonyl (C=O) groups is 2. The van der Waals surface area contributed by atoms with Crippen LogP contribution >= 0.6 is 11.6 Å². The van der Waals surface area contributed by atoms with Gasteiger partial charge in [-0.1, -0.05) is 23.7 Å². The number of benzene rings is 2. The predicted molar refractivity (Wildman–Crippen MR) is 115 cm³/mol. The third-order valence-electron chi connectivity index (χ3n) is 4.89. The van der Waals surface area contributed by atoms with Crippen LogP contribution < -0.4 is 20.1 Å². The number of aromatic nitrogens is 3. The quantitative estimate of drug-likeness (QED) is 0.608. The molecule has 0 bridgehead atoms. The van der Waals surface area contributed by atoms with E-state index in [1.165, 1.54) is 13.4 Å². The second-order valence-corrected chi connectivity index (χ2v) is 7.41. The van der Waals surface area contributed by atoms with Crippen LogP contribution in [-0.2, 0) is 9.59 Å². The second-order valence-electron chi connectivity index (χ2n) is 7.01. The Kier molecular flexibility index (Phi) is 5.77. The maximum Gasteiger partial charge on any atom is 0.262 e. The average Bonchev–Trinajstić information content (AvgIpc) is 3.22. The minimum atomic E-state index is -0.331. The molecule has 1 aromatic heterocycles. The fourth-order valence-electron chi connectivity index (χ4n) is 3.29. The van der Waals surface area contributed by atoms with E-state index in [9.17, 15) is 9.59 Å². The molecule has 31 heavy (non-hydrogen) atoms. The first-order valence-corrected chi connectivity index (χ1v) is 9.88. The van der Waals surface area contributed by atoms with E-state index >= 15 is 0 Å². The van der Waals surface area contributed by atoms with Gasteiger partial charge in [0.2, 0.25) is 11.9 Å². The van der Waals surface area contributed by atoms with E-state index in [1.807, 2.05) is 19.1 Å². The molecule has 4 rings (SSSR count). The molecular formula is C21H20ClN5O4. The van der Waals surface area contributed by atoms with Crippen molar-refractivity contribution in [1.82, 2.24) is 14.8 Å². The summed E-state index contributed by atoms with van der Waals surface area (Å²) in [5, 5.41) is 10.2. The van der Waals surface area contributed by atoms with Crippen molar-refractivity contribution in [3.8, 4) is 11.5 Å². The highest BCUT2D eigenvalue weighted by molar-refractivity contribution is 6.31.